The van der Waals surface area contributed by atoms with Crippen LogP contribution in [-0.4, -0.2) is 6.54 Å². The van der Waals surface area contributed by atoms with Gasteiger partial charge in [-0.15, -0.1) is 12.4 Å². The molecule has 0 radical (unpaired) electrons. The summed E-state index contributed by atoms with van der Waals surface area (Å²) in [6, 6.07) is 6.24. The molecule has 0 unspecified atom stereocenters. The molecule has 0 heterocycles. The van der Waals surface area contributed by atoms with Crippen molar-refractivity contribution in [2.45, 2.75) is 19.4 Å². The van der Waals surface area contributed by atoms with Crippen molar-refractivity contribution in [1.82, 2.24) is 0 Å². The van der Waals surface area contributed by atoms with Gasteiger partial charge in [0.1, 0.15) is 0 Å². The molecule has 2 nitrogen and oxygen atoms in total. The number of aryl methyl sites for hydroxylation is 1. The van der Waals surface area contributed by atoms with Crippen molar-refractivity contribution in [2.24, 2.45) is 11.5 Å². The Bertz CT molecular complexity index is 291. The first-order chi connectivity index (χ1) is 6.15. The molecule has 1 aromatic carbocycles. The molecular formula is C10H16BrClN2. The Kier molecular flexibility index (Phi) is 6.36. The smallest absolute Gasteiger partial charge is 0.0318 e. The quantitative estimate of drug-likeness (QED) is 0.893. The molecule has 0 saturated heterocycles. The van der Waals surface area contributed by atoms with Crippen LogP contribution < -0.4 is 11.5 Å². The van der Waals surface area contributed by atoms with E-state index in [2.05, 4.69) is 41.1 Å². The highest BCUT2D eigenvalue weighted by atomic mass is 79.9. The molecule has 0 amide bonds. The van der Waals surface area contributed by atoms with Crippen LogP contribution in [0.15, 0.2) is 22.7 Å². The van der Waals surface area contributed by atoms with Gasteiger partial charge < -0.3 is 11.5 Å². The predicted molar refractivity (Wildman–Crippen MR) is 66.7 cm³/mol. The van der Waals surface area contributed by atoms with Gasteiger partial charge in [0.05, 0.1) is 0 Å². The highest BCUT2D eigenvalue weighted by Crippen LogP contribution is 2.24. The van der Waals surface area contributed by atoms with Crippen molar-refractivity contribution < 1.29 is 0 Å². The molecule has 0 spiro atoms. The summed E-state index contributed by atoms with van der Waals surface area (Å²) in [5.74, 6) is 0. The highest BCUT2D eigenvalue weighted by Gasteiger charge is 2.08. The number of benzene rings is 1. The van der Waals surface area contributed by atoms with Gasteiger partial charge >= 0.3 is 0 Å². The molecule has 4 heteroatoms. The molecule has 0 saturated carbocycles. The largest absolute Gasteiger partial charge is 0.330 e. The van der Waals surface area contributed by atoms with E-state index in [1.165, 1.54) is 5.56 Å². The maximum atomic E-state index is 5.95. The lowest BCUT2D eigenvalue weighted by molar-refractivity contribution is 0.658. The molecule has 1 atom stereocenters. The van der Waals surface area contributed by atoms with Crippen LogP contribution >= 0.6 is 28.3 Å². The minimum absolute atomic E-state index is 0. The minimum atomic E-state index is 0. The van der Waals surface area contributed by atoms with Gasteiger partial charge in [-0.2, -0.15) is 0 Å². The summed E-state index contributed by atoms with van der Waals surface area (Å²) < 4.78 is 1.08. The molecule has 0 bridgehead atoms. The minimum Gasteiger partial charge on any atom is -0.330 e. The first kappa shape index (κ1) is 13.9. The topological polar surface area (TPSA) is 52.0 Å². The summed E-state index contributed by atoms with van der Waals surface area (Å²) in [6.45, 7) is 2.68. The van der Waals surface area contributed by atoms with E-state index in [0.717, 1.165) is 16.5 Å². The van der Waals surface area contributed by atoms with Crippen molar-refractivity contribution in [3.05, 3.63) is 33.8 Å². The Balaban J connectivity index is 0.00000169. The van der Waals surface area contributed by atoms with Crippen molar-refractivity contribution in [3.8, 4) is 0 Å². The van der Waals surface area contributed by atoms with Gasteiger partial charge in [-0.1, -0.05) is 28.1 Å². The number of hydrogen-bond donors (Lipinski definition) is 2. The Hall–Kier alpha value is -0.0900. The Morgan fingerprint density at radius 2 is 2.07 bits per heavy atom. The third kappa shape index (κ3) is 3.58. The molecule has 4 N–H and O–H groups in total. The highest BCUT2D eigenvalue weighted by molar-refractivity contribution is 9.10. The lowest BCUT2D eigenvalue weighted by atomic mass is 10.0. The predicted octanol–water partition coefficient (Wildman–Crippen LogP) is 2.53. The average Bonchev–Trinajstić information content (AvgIpc) is 2.04. The summed E-state index contributed by atoms with van der Waals surface area (Å²) in [4.78, 5) is 0. The fourth-order valence-corrected chi connectivity index (χ4v) is 2.06. The van der Waals surface area contributed by atoms with E-state index in [4.69, 9.17) is 11.5 Å². The molecule has 14 heavy (non-hydrogen) atoms. The van der Waals surface area contributed by atoms with Crippen LogP contribution in [0.4, 0.5) is 0 Å². The molecule has 0 aliphatic carbocycles. The van der Waals surface area contributed by atoms with Gasteiger partial charge in [0.2, 0.25) is 0 Å². The zero-order valence-corrected chi connectivity index (χ0v) is 10.6. The summed E-state index contributed by atoms with van der Waals surface area (Å²) in [5.41, 5.74) is 13.8. The van der Waals surface area contributed by atoms with Gasteiger partial charge in [0.25, 0.3) is 0 Å². The number of nitrogens with two attached hydrogens (primary N) is 2. The Labute approximate surface area is 99.6 Å². The van der Waals surface area contributed by atoms with Crippen molar-refractivity contribution in [2.75, 3.05) is 6.54 Å². The van der Waals surface area contributed by atoms with E-state index in [1.54, 1.807) is 0 Å². The molecule has 0 aliphatic heterocycles. The summed E-state index contributed by atoms with van der Waals surface area (Å²) in [7, 11) is 0. The van der Waals surface area contributed by atoms with Crippen LogP contribution in [0, 0.1) is 6.92 Å². The van der Waals surface area contributed by atoms with Crippen LogP contribution in [0.1, 0.15) is 23.6 Å². The normalized spacial score (nSPS) is 12.0. The van der Waals surface area contributed by atoms with Gasteiger partial charge in [-0.05, 0) is 37.1 Å². The first-order valence-corrected chi connectivity index (χ1v) is 5.16. The Morgan fingerprint density at radius 3 is 2.57 bits per heavy atom. The second kappa shape index (κ2) is 6.40. The maximum Gasteiger partial charge on any atom is 0.0318 e. The van der Waals surface area contributed by atoms with Crippen LogP contribution in [0.5, 0.6) is 0 Å². The fraction of sp³-hybridized carbons (Fsp3) is 0.400. The van der Waals surface area contributed by atoms with E-state index in [0.29, 0.717) is 6.54 Å². The van der Waals surface area contributed by atoms with Crippen LogP contribution in [0.3, 0.4) is 0 Å². The van der Waals surface area contributed by atoms with E-state index in [1.807, 2.05) is 0 Å². The van der Waals surface area contributed by atoms with Gasteiger partial charge in [-0.25, -0.2) is 0 Å². The van der Waals surface area contributed by atoms with E-state index in [9.17, 15) is 0 Å². The molecule has 80 valence electrons. The van der Waals surface area contributed by atoms with Crippen molar-refractivity contribution >= 4 is 28.3 Å². The number of rotatable bonds is 3. The molecule has 1 aromatic rings. The summed E-state index contributed by atoms with van der Waals surface area (Å²) >= 11 is 3.50. The second-order valence-corrected chi connectivity index (χ2v) is 4.06. The standard InChI is InChI=1S/C10H15BrN2.ClH/c1-7-2-3-8(9(11)6-7)10(13)4-5-12;/h2-3,6,10H,4-5,12-13H2,1H3;1H/t10-;/m1./s1. The summed E-state index contributed by atoms with van der Waals surface area (Å²) in [6.07, 6.45) is 0.821. The fourth-order valence-electron chi connectivity index (χ4n) is 1.27. The summed E-state index contributed by atoms with van der Waals surface area (Å²) in [5, 5.41) is 0. The zero-order valence-electron chi connectivity index (χ0n) is 8.16. The lowest BCUT2D eigenvalue weighted by Crippen LogP contribution is -2.15. The van der Waals surface area contributed by atoms with E-state index < -0.39 is 0 Å². The first-order valence-electron chi connectivity index (χ1n) is 4.37. The van der Waals surface area contributed by atoms with E-state index in [-0.39, 0.29) is 18.4 Å². The molecule has 0 fully saturated rings. The van der Waals surface area contributed by atoms with Crippen LogP contribution in [-0.2, 0) is 0 Å². The third-order valence-corrected chi connectivity index (χ3v) is 2.72. The van der Waals surface area contributed by atoms with E-state index >= 15 is 0 Å². The molecule has 1 rings (SSSR count). The van der Waals surface area contributed by atoms with Crippen LogP contribution in [0.2, 0.25) is 0 Å². The zero-order chi connectivity index (χ0) is 9.84. The Morgan fingerprint density at radius 1 is 1.43 bits per heavy atom. The average molecular weight is 280 g/mol. The molecule has 0 aromatic heterocycles. The number of halogens is 2. The monoisotopic (exact) mass is 278 g/mol. The van der Waals surface area contributed by atoms with Crippen molar-refractivity contribution in [1.29, 1.82) is 0 Å². The van der Waals surface area contributed by atoms with Gasteiger partial charge in [0, 0.05) is 10.5 Å². The van der Waals surface area contributed by atoms with Gasteiger partial charge in [0.15, 0.2) is 0 Å². The second-order valence-electron chi connectivity index (χ2n) is 3.21. The van der Waals surface area contributed by atoms with Crippen molar-refractivity contribution in [3.63, 3.8) is 0 Å². The molecular weight excluding hydrogens is 263 g/mol. The number of hydrogen-bond acceptors (Lipinski definition) is 2. The molecule has 0 aliphatic rings. The van der Waals surface area contributed by atoms with Crippen LogP contribution in [0.25, 0.3) is 0 Å². The van der Waals surface area contributed by atoms with Gasteiger partial charge in [-0.3, -0.25) is 0 Å². The third-order valence-electron chi connectivity index (χ3n) is 2.03. The SMILES string of the molecule is Cc1ccc([C@H](N)CCN)c(Br)c1.Cl. The maximum absolute atomic E-state index is 5.95. The lowest BCUT2D eigenvalue weighted by Gasteiger charge is -2.12.